The van der Waals surface area contributed by atoms with Crippen LogP contribution in [0.1, 0.15) is 19.4 Å². The molecule has 0 aliphatic rings. The maximum atomic E-state index is 12.5. The van der Waals surface area contributed by atoms with E-state index in [0.717, 1.165) is 10.0 Å². The summed E-state index contributed by atoms with van der Waals surface area (Å²) in [6.45, 7) is 4.44. The first-order valence-corrected chi connectivity index (χ1v) is 8.58. The number of halogens is 1. The van der Waals surface area contributed by atoms with E-state index in [2.05, 4.69) is 25.8 Å². The lowest BCUT2D eigenvalue weighted by molar-refractivity contribution is 0.598. The molecular formula is C13H16BrN3O2S. The average Bonchev–Trinajstić information content (AvgIpc) is 2.84. The Morgan fingerprint density at radius 3 is 2.70 bits per heavy atom. The molecule has 0 aliphatic heterocycles. The Hall–Kier alpha value is -1.34. The minimum Gasteiger partial charge on any atom is -0.264 e. The zero-order chi connectivity index (χ0) is 14.8. The third-order valence-electron chi connectivity index (χ3n) is 2.95. The second-order valence-electron chi connectivity index (χ2n) is 4.24. The fourth-order valence-electron chi connectivity index (χ4n) is 1.95. The molecular weight excluding hydrogens is 342 g/mol. The minimum atomic E-state index is -3.61. The van der Waals surface area contributed by atoms with Crippen molar-refractivity contribution in [3.8, 4) is 0 Å². The molecule has 0 bridgehead atoms. The van der Waals surface area contributed by atoms with Gasteiger partial charge in [-0.25, -0.2) is 13.1 Å². The van der Waals surface area contributed by atoms with E-state index in [0.29, 0.717) is 23.7 Å². The number of sulfonamides is 1. The Kier molecular flexibility index (Phi) is 4.49. The summed E-state index contributed by atoms with van der Waals surface area (Å²) in [6.07, 6.45) is 2.21. The molecule has 1 heterocycles. The average molecular weight is 358 g/mol. The smallest absolute Gasteiger partial charge is 0.263 e. The van der Waals surface area contributed by atoms with Crippen molar-refractivity contribution in [3.05, 3.63) is 40.5 Å². The topological polar surface area (TPSA) is 64.0 Å². The molecule has 0 aliphatic carbocycles. The Bertz CT molecular complexity index is 710. The highest BCUT2D eigenvalue weighted by Gasteiger charge is 2.19. The highest BCUT2D eigenvalue weighted by Crippen LogP contribution is 2.23. The fraction of sp³-hybridized carbons (Fsp3) is 0.308. The zero-order valence-electron chi connectivity index (χ0n) is 11.3. The standard InChI is InChI=1S/C13H16BrN3O2S/c1-3-10-9-11(14)5-6-12(10)20(18,19)16-13-7-8-15-17(13)4-2/h5-9,16H,3-4H2,1-2H3. The Balaban J connectivity index is 2.41. The maximum Gasteiger partial charge on any atom is 0.263 e. The maximum absolute atomic E-state index is 12.5. The Morgan fingerprint density at radius 1 is 1.30 bits per heavy atom. The number of rotatable bonds is 5. The molecule has 5 nitrogen and oxygen atoms in total. The summed E-state index contributed by atoms with van der Waals surface area (Å²) in [5.74, 6) is 0.470. The first-order valence-electron chi connectivity index (χ1n) is 6.31. The molecule has 1 aromatic heterocycles. The van der Waals surface area contributed by atoms with Crippen molar-refractivity contribution in [2.45, 2.75) is 31.7 Å². The highest BCUT2D eigenvalue weighted by molar-refractivity contribution is 9.10. The minimum absolute atomic E-state index is 0.298. The van der Waals surface area contributed by atoms with Crippen molar-refractivity contribution in [2.75, 3.05) is 4.72 Å². The Labute approximate surface area is 127 Å². The first-order chi connectivity index (χ1) is 9.47. The quantitative estimate of drug-likeness (QED) is 0.894. The lowest BCUT2D eigenvalue weighted by Gasteiger charge is -2.12. The molecule has 0 fully saturated rings. The van der Waals surface area contributed by atoms with Crippen molar-refractivity contribution in [3.63, 3.8) is 0 Å². The van der Waals surface area contributed by atoms with Crippen LogP contribution in [0.3, 0.4) is 0 Å². The molecule has 1 aromatic carbocycles. The number of aryl methyl sites for hydroxylation is 2. The molecule has 1 N–H and O–H groups in total. The second kappa shape index (κ2) is 5.97. The number of aromatic nitrogens is 2. The molecule has 0 radical (unpaired) electrons. The van der Waals surface area contributed by atoms with Crippen LogP contribution in [0.2, 0.25) is 0 Å². The highest BCUT2D eigenvalue weighted by atomic mass is 79.9. The van der Waals surface area contributed by atoms with Gasteiger partial charge in [0, 0.05) is 17.1 Å². The predicted molar refractivity (Wildman–Crippen MR) is 82.2 cm³/mol. The molecule has 2 rings (SSSR count). The molecule has 0 saturated heterocycles. The van der Waals surface area contributed by atoms with Crippen LogP contribution in [-0.4, -0.2) is 18.2 Å². The van der Waals surface area contributed by atoms with E-state index in [-0.39, 0.29) is 0 Å². The number of hydrogen-bond acceptors (Lipinski definition) is 3. The number of anilines is 1. The van der Waals surface area contributed by atoms with Crippen LogP contribution < -0.4 is 4.72 Å². The van der Waals surface area contributed by atoms with Crippen LogP contribution in [0, 0.1) is 0 Å². The van der Waals surface area contributed by atoms with Gasteiger partial charge in [-0.2, -0.15) is 5.10 Å². The van der Waals surface area contributed by atoms with Gasteiger partial charge in [-0.15, -0.1) is 0 Å². The third-order valence-corrected chi connectivity index (χ3v) is 4.90. The van der Waals surface area contributed by atoms with E-state index in [1.807, 2.05) is 19.9 Å². The van der Waals surface area contributed by atoms with Crippen LogP contribution in [0.5, 0.6) is 0 Å². The summed E-state index contributed by atoms with van der Waals surface area (Å²) in [5, 5.41) is 4.05. The third kappa shape index (κ3) is 3.04. The second-order valence-corrected chi connectivity index (χ2v) is 6.81. The molecule has 0 atom stereocenters. The summed E-state index contributed by atoms with van der Waals surface area (Å²) < 4.78 is 30.0. The summed E-state index contributed by atoms with van der Waals surface area (Å²) in [7, 11) is -3.61. The van der Waals surface area contributed by atoms with Gasteiger partial charge in [0.1, 0.15) is 5.82 Å². The number of nitrogens with one attached hydrogen (secondary N) is 1. The predicted octanol–water partition coefficient (Wildman–Crippen LogP) is 3.03. The lowest BCUT2D eigenvalue weighted by atomic mass is 10.2. The van der Waals surface area contributed by atoms with Crippen LogP contribution in [0.4, 0.5) is 5.82 Å². The summed E-state index contributed by atoms with van der Waals surface area (Å²) in [5.41, 5.74) is 0.773. The summed E-state index contributed by atoms with van der Waals surface area (Å²) >= 11 is 3.36. The van der Waals surface area contributed by atoms with Gasteiger partial charge < -0.3 is 0 Å². The van der Waals surface area contributed by atoms with E-state index in [1.165, 1.54) is 0 Å². The van der Waals surface area contributed by atoms with Crippen molar-refractivity contribution >= 4 is 31.8 Å². The van der Waals surface area contributed by atoms with Gasteiger partial charge >= 0.3 is 0 Å². The number of nitrogens with zero attached hydrogens (tertiary/aromatic N) is 2. The summed E-state index contributed by atoms with van der Waals surface area (Å²) in [4.78, 5) is 0.298. The van der Waals surface area contributed by atoms with Gasteiger partial charge in [-0.3, -0.25) is 4.72 Å². The molecule has 108 valence electrons. The normalized spacial score (nSPS) is 11.6. The molecule has 0 amide bonds. The number of benzene rings is 1. The van der Waals surface area contributed by atoms with Crippen LogP contribution in [0.25, 0.3) is 0 Å². The van der Waals surface area contributed by atoms with Crippen molar-refractivity contribution in [1.82, 2.24) is 9.78 Å². The van der Waals surface area contributed by atoms with Crippen LogP contribution in [0.15, 0.2) is 39.8 Å². The molecule has 0 unspecified atom stereocenters. The summed E-state index contributed by atoms with van der Waals surface area (Å²) in [6, 6.07) is 6.81. The van der Waals surface area contributed by atoms with Crippen molar-refractivity contribution in [2.24, 2.45) is 0 Å². The fourth-order valence-corrected chi connectivity index (χ4v) is 3.71. The van der Waals surface area contributed by atoms with E-state index >= 15 is 0 Å². The van der Waals surface area contributed by atoms with Crippen LogP contribution in [-0.2, 0) is 23.0 Å². The molecule has 0 spiro atoms. The van der Waals surface area contributed by atoms with Crippen molar-refractivity contribution in [1.29, 1.82) is 0 Å². The van der Waals surface area contributed by atoms with E-state index < -0.39 is 10.0 Å². The number of hydrogen-bond donors (Lipinski definition) is 1. The molecule has 20 heavy (non-hydrogen) atoms. The SMILES string of the molecule is CCc1cc(Br)ccc1S(=O)(=O)Nc1ccnn1CC. The molecule has 2 aromatic rings. The molecule has 7 heteroatoms. The van der Waals surface area contributed by atoms with E-state index in [4.69, 9.17) is 0 Å². The van der Waals surface area contributed by atoms with Gasteiger partial charge in [0.05, 0.1) is 11.1 Å². The lowest BCUT2D eigenvalue weighted by Crippen LogP contribution is -2.17. The largest absolute Gasteiger partial charge is 0.264 e. The van der Waals surface area contributed by atoms with Gasteiger partial charge in [0.15, 0.2) is 0 Å². The van der Waals surface area contributed by atoms with Gasteiger partial charge in [0.2, 0.25) is 0 Å². The van der Waals surface area contributed by atoms with Gasteiger partial charge in [-0.1, -0.05) is 22.9 Å². The molecule has 0 saturated carbocycles. The van der Waals surface area contributed by atoms with Gasteiger partial charge in [0.25, 0.3) is 10.0 Å². The Morgan fingerprint density at radius 2 is 2.05 bits per heavy atom. The van der Waals surface area contributed by atoms with Crippen LogP contribution >= 0.6 is 15.9 Å². The monoisotopic (exact) mass is 357 g/mol. The first kappa shape index (κ1) is 15.1. The zero-order valence-corrected chi connectivity index (χ0v) is 13.7. The van der Waals surface area contributed by atoms with E-state index in [1.54, 1.807) is 29.1 Å². The van der Waals surface area contributed by atoms with Gasteiger partial charge in [-0.05, 0) is 37.1 Å². The van der Waals surface area contributed by atoms with E-state index in [9.17, 15) is 8.42 Å². The van der Waals surface area contributed by atoms with Crippen molar-refractivity contribution < 1.29 is 8.42 Å².